The van der Waals surface area contributed by atoms with Crippen LogP contribution >= 0.6 is 0 Å². The van der Waals surface area contributed by atoms with Gasteiger partial charge in [-0.2, -0.15) is 0 Å². The summed E-state index contributed by atoms with van der Waals surface area (Å²) in [4.78, 5) is 43.0. The van der Waals surface area contributed by atoms with Crippen molar-refractivity contribution >= 4 is 17.9 Å². The van der Waals surface area contributed by atoms with Crippen molar-refractivity contribution in [2.24, 2.45) is 5.41 Å². The number of ether oxygens (including phenoxy) is 3. The molecule has 1 saturated heterocycles. The summed E-state index contributed by atoms with van der Waals surface area (Å²) in [5.41, 5.74) is -0.498. The molecule has 0 N–H and O–H groups in total. The summed E-state index contributed by atoms with van der Waals surface area (Å²) in [6.07, 6.45) is 26.7. The van der Waals surface area contributed by atoms with Crippen LogP contribution in [0.15, 0.2) is 0 Å². The molecule has 0 spiro atoms. The topological polar surface area (TPSA) is 85.4 Å². The van der Waals surface area contributed by atoms with Crippen molar-refractivity contribution in [1.82, 2.24) is 9.80 Å². The molecule has 0 aromatic rings. The largest absolute Gasteiger partial charge is 0.465 e. The molecule has 0 bridgehead atoms. The molecule has 0 aliphatic carbocycles. The Labute approximate surface area is 328 Å². The molecule has 1 heterocycles. The summed E-state index contributed by atoms with van der Waals surface area (Å²) >= 11 is 0. The molecule has 1 aliphatic rings. The highest BCUT2D eigenvalue weighted by Crippen LogP contribution is 2.29. The zero-order chi connectivity index (χ0) is 39.7. The first kappa shape index (κ1) is 51.3. The van der Waals surface area contributed by atoms with E-state index in [4.69, 9.17) is 14.2 Å². The van der Waals surface area contributed by atoms with Crippen LogP contribution in [0.3, 0.4) is 0 Å². The average molecular weight is 753 g/mol. The second-order valence-corrected chi connectivity index (χ2v) is 16.3. The van der Waals surface area contributed by atoms with Crippen LogP contribution in [0.1, 0.15) is 209 Å². The van der Waals surface area contributed by atoms with Gasteiger partial charge in [-0.25, -0.2) is 0 Å². The van der Waals surface area contributed by atoms with Crippen molar-refractivity contribution in [3.05, 3.63) is 0 Å². The van der Waals surface area contributed by atoms with E-state index in [9.17, 15) is 14.4 Å². The van der Waals surface area contributed by atoms with Crippen LogP contribution < -0.4 is 0 Å². The molecule has 0 aromatic heterocycles. The normalized spacial score (nSPS) is 16.1. The van der Waals surface area contributed by atoms with Gasteiger partial charge in [0.25, 0.3) is 0 Å². The summed E-state index contributed by atoms with van der Waals surface area (Å²) < 4.78 is 17.7. The molecular formula is C45H88N2O6. The number of unbranched alkanes of at least 4 members (excludes halogenated alkanes) is 16. The third kappa shape index (κ3) is 26.7. The third-order valence-corrected chi connectivity index (χ3v) is 10.5. The van der Waals surface area contributed by atoms with Crippen molar-refractivity contribution in [3.63, 3.8) is 0 Å². The van der Waals surface area contributed by atoms with Crippen molar-refractivity contribution < 1.29 is 28.6 Å². The molecule has 0 aromatic carbocycles. The van der Waals surface area contributed by atoms with Crippen molar-refractivity contribution in [2.75, 3.05) is 40.3 Å². The SMILES string of the molecule is CC.CCCCCCCCC(CCCCCCCC)OC(=O)C(C)(C)CCCCCCOC(=O)[C@@H]1C[C@H](OC(=O)CCN(C)C)CN1CCCCCC. The summed E-state index contributed by atoms with van der Waals surface area (Å²) in [6, 6.07) is -0.351. The fourth-order valence-electron chi connectivity index (χ4n) is 7.01. The molecule has 314 valence electrons. The quantitative estimate of drug-likeness (QED) is 0.0372. The molecule has 2 atom stereocenters. The minimum Gasteiger partial charge on any atom is -0.465 e. The van der Waals surface area contributed by atoms with Crippen molar-refractivity contribution in [1.29, 1.82) is 0 Å². The van der Waals surface area contributed by atoms with Gasteiger partial charge in [0.15, 0.2) is 0 Å². The van der Waals surface area contributed by atoms with Gasteiger partial charge in [0, 0.05) is 19.5 Å². The van der Waals surface area contributed by atoms with Gasteiger partial charge in [-0.3, -0.25) is 19.3 Å². The molecular weight excluding hydrogens is 665 g/mol. The lowest BCUT2D eigenvalue weighted by atomic mass is 9.86. The highest BCUT2D eigenvalue weighted by molar-refractivity contribution is 5.77. The van der Waals surface area contributed by atoms with E-state index in [-0.39, 0.29) is 36.2 Å². The first-order valence-electron chi connectivity index (χ1n) is 22.5. The first-order valence-corrected chi connectivity index (χ1v) is 22.5. The number of rotatable bonds is 33. The maximum Gasteiger partial charge on any atom is 0.323 e. The van der Waals surface area contributed by atoms with Gasteiger partial charge in [-0.15, -0.1) is 0 Å². The monoisotopic (exact) mass is 753 g/mol. The van der Waals surface area contributed by atoms with E-state index in [1.807, 2.05) is 46.7 Å². The second kappa shape index (κ2) is 33.6. The average Bonchev–Trinajstić information content (AvgIpc) is 3.54. The zero-order valence-corrected chi connectivity index (χ0v) is 36.6. The number of hydrogen-bond acceptors (Lipinski definition) is 8. The Morgan fingerprint density at radius 2 is 1.23 bits per heavy atom. The summed E-state index contributed by atoms with van der Waals surface area (Å²) in [5, 5.41) is 0. The van der Waals surface area contributed by atoms with E-state index in [2.05, 4.69) is 25.7 Å². The van der Waals surface area contributed by atoms with Gasteiger partial charge in [0.05, 0.1) is 18.4 Å². The van der Waals surface area contributed by atoms with E-state index in [0.29, 0.717) is 32.5 Å². The summed E-state index contributed by atoms with van der Waals surface area (Å²) in [5.74, 6) is -0.445. The van der Waals surface area contributed by atoms with Gasteiger partial charge in [-0.05, 0) is 79.4 Å². The number of likely N-dealkylation sites (tertiary alicyclic amines) is 1. The Morgan fingerprint density at radius 1 is 0.717 bits per heavy atom. The molecule has 8 heteroatoms. The smallest absolute Gasteiger partial charge is 0.323 e. The van der Waals surface area contributed by atoms with Crippen LogP contribution in [0.4, 0.5) is 0 Å². The van der Waals surface area contributed by atoms with Crippen LogP contribution in [-0.4, -0.2) is 86.3 Å². The molecule has 0 unspecified atom stereocenters. The molecule has 53 heavy (non-hydrogen) atoms. The van der Waals surface area contributed by atoms with Crippen molar-refractivity contribution in [2.45, 2.75) is 227 Å². The number of carbonyl (C=O) groups excluding carboxylic acids is 3. The lowest BCUT2D eigenvalue weighted by Crippen LogP contribution is -2.38. The van der Waals surface area contributed by atoms with Gasteiger partial charge in [0.2, 0.25) is 0 Å². The Balaban J connectivity index is 0.0000133. The van der Waals surface area contributed by atoms with E-state index in [0.717, 1.165) is 83.6 Å². The van der Waals surface area contributed by atoms with Crippen LogP contribution in [0.2, 0.25) is 0 Å². The minimum atomic E-state index is -0.498. The number of carbonyl (C=O) groups is 3. The zero-order valence-electron chi connectivity index (χ0n) is 36.6. The molecule has 1 aliphatic heterocycles. The maximum absolute atomic E-state index is 13.3. The maximum atomic E-state index is 13.3. The molecule has 1 fully saturated rings. The number of hydrogen-bond donors (Lipinski definition) is 0. The Kier molecular flexibility index (Phi) is 32.6. The molecule has 0 amide bonds. The lowest BCUT2D eigenvalue weighted by molar-refractivity contribution is -0.161. The van der Waals surface area contributed by atoms with Crippen molar-refractivity contribution in [3.8, 4) is 0 Å². The first-order chi connectivity index (χ1) is 25.5. The Morgan fingerprint density at radius 3 is 1.79 bits per heavy atom. The summed E-state index contributed by atoms with van der Waals surface area (Å²) in [6.45, 7) is 17.2. The minimum absolute atomic E-state index is 0.0429. The molecule has 8 nitrogen and oxygen atoms in total. The van der Waals surface area contributed by atoms with E-state index in [1.54, 1.807) is 0 Å². The predicted molar refractivity (Wildman–Crippen MR) is 222 cm³/mol. The van der Waals surface area contributed by atoms with Gasteiger partial charge < -0.3 is 19.1 Å². The van der Waals surface area contributed by atoms with Crippen LogP contribution in [-0.2, 0) is 28.6 Å². The summed E-state index contributed by atoms with van der Waals surface area (Å²) in [7, 11) is 3.88. The van der Waals surface area contributed by atoms with Gasteiger partial charge in [0.1, 0.15) is 18.2 Å². The standard InChI is InChI=1S/C43H82N2O6.C2H6/c1-8-11-14-17-19-23-28-37(29-24-20-18-15-12-9-2)51-42(48)43(4,5)31-25-21-22-27-34-49-41(47)39-35-38(50-40(46)30-33-44(6)7)36-45(39)32-26-16-13-10-3;1-2/h37-39H,8-36H2,1-7H3;1-2H3/t38-,39-;/m0./s1. The number of esters is 3. The van der Waals surface area contributed by atoms with Gasteiger partial charge in [-0.1, -0.05) is 137 Å². The van der Waals surface area contributed by atoms with E-state index < -0.39 is 5.41 Å². The van der Waals surface area contributed by atoms with Gasteiger partial charge >= 0.3 is 17.9 Å². The highest BCUT2D eigenvalue weighted by atomic mass is 16.6. The molecule has 0 saturated carbocycles. The Hall–Kier alpha value is -1.67. The second-order valence-electron chi connectivity index (χ2n) is 16.3. The van der Waals surface area contributed by atoms with E-state index >= 15 is 0 Å². The highest BCUT2D eigenvalue weighted by Gasteiger charge is 2.39. The predicted octanol–water partition coefficient (Wildman–Crippen LogP) is 11.5. The fourth-order valence-corrected chi connectivity index (χ4v) is 7.01. The van der Waals surface area contributed by atoms with E-state index in [1.165, 1.54) is 70.6 Å². The fraction of sp³-hybridized carbons (Fsp3) is 0.933. The lowest BCUT2D eigenvalue weighted by Gasteiger charge is -2.27. The Bertz CT molecular complexity index is 878. The van der Waals surface area contributed by atoms with Crippen LogP contribution in [0.25, 0.3) is 0 Å². The molecule has 1 rings (SSSR count). The number of nitrogens with zero attached hydrogens (tertiary/aromatic N) is 2. The van der Waals surface area contributed by atoms with Crippen LogP contribution in [0.5, 0.6) is 0 Å². The molecule has 0 radical (unpaired) electrons. The third-order valence-electron chi connectivity index (χ3n) is 10.5. The van der Waals surface area contributed by atoms with Crippen LogP contribution in [0, 0.1) is 5.41 Å².